The molecule has 2 nitrogen and oxygen atoms in total. The molecule has 1 unspecified atom stereocenters. The van der Waals surface area contributed by atoms with Crippen LogP contribution in [0.15, 0.2) is 83.8 Å². The van der Waals surface area contributed by atoms with Crippen molar-refractivity contribution in [2.45, 2.75) is 4.90 Å². The number of ether oxygens (including phenoxy) is 1. The van der Waals surface area contributed by atoms with Crippen LogP contribution < -0.4 is 4.74 Å². The molecule has 0 fully saturated rings. The van der Waals surface area contributed by atoms with E-state index in [1.165, 1.54) is 0 Å². The number of rotatable bonds is 4. The Bertz CT molecular complexity index is 763. The molecule has 0 heterocycles. The van der Waals surface area contributed by atoms with Crippen molar-refractivity contribution in [3.8, 4) is 22.6 Å². The van der Waals surface area contributed by atoms with Crippen molar-refractivity contribution in [3.05, 3.63) is 78.9 Å². The number of para-hydroxylation sites is 1. The molecule has 0 amide bonds. The number of hydrogen-bond acceptors (Lipinski definition) is 2. The third kappa shape index (κ3) is 3.43. The maximum atomic E-state index is 11.4. The van der Waals surface area contributed by atoms with Crippen LogP contribution in [0.1, 0.15) is 0 Å². The molecule has 22 heavy (non-hydrogen) atoms. The second-order valence-electron chi connectivity index (χ2n) is 4.92. The van der Waals surface area contributed by atoms with E-state index in [0.717, 1.165) is 27.5 Å². The number of hydrogen-bond donors (Lipinski definition) is 0. The minimum Gasteiger partial charge on any atom is -0.457 e. The summed E-state index contributed by atoms with van der Waals surface area (Å²) in [7, 11) is -0.940. The van der Waals surface area contributed by atoms with Crippen molar-refractivity contribution in [1.29, 1.82) is 0 Å². The van der Waals surface area contributed by atoms with Crippen molar-refractivity contribution >= 4 is 10.8 Å². The van der Waals surface area contributed by atoms with Crippen LogP contribution in [0.25, 0.3) is 11.1 Å². The molecule has 110 valence electrons. The molecule has 0 spiro atoms. The summed E-state index contributed by atoms with van der Waals surface area (Å²) in [4.78, 5) is 0.841. The van der Waals surface area contributed by atoms with Crippen LogP contribution in [-0.2, 0) is 10.8 Å². The summed E-state index contributed by atoms with van der Waals surface area (Å²) in [6.45, 7) is 0. The molecule has 0 bridgehead atoms. The lowest BCUT2D eigenvalue weighted by Gasteiger charge is -2.07. The lowest BCUT2D eigenvalue weighted by Crippen LogP contribution is -1.87. The van der Waals surface area contributed by atoms with E-state index in [1.807, 2.05) is 78.9 Å². The normalized spacial score (nSPS) is 11.9. The van der Waals surface area contributed by atoms with Gasteiger partial charge in [0.2, 0.25) is 0 Å². The molecular weight excluding hydrogens is 292 g/mol. The van der Waals surface area contributed by atoms with Crippen molar-refractivity contribution < 1.29 is 8.95 Å². The van der Waals surface area contributed by atoms with Crippen LogP contribution in [0.4, 0.5) is 0 Å². The zero-order chi connectivity index (χ0) is 15.4. The van der Waals surface area contributed by atoms with Crippen LogP contribution >= 0.6 is 0 Å². The predicted octanol–water partition coefficient (Wildman–Crippen LogP) is 4.88. The second-order valence-corrected chi connectivity index (χ2v) is 6.30. The fourth-order valence-electron chi connectivity index (χ4n) is 2.18. The summed E-state index contributed by atoms with van der Waals surface area (Å²) in [5.74, 6) is 1.63. The van der Waals surface area contributed by atoms with E-state index in [0.29, 0.717) is 0 Å². The van der Waals surface area contributed by atoms with E-state index in [4.69, 9.17) is 4.74 Å². The van der Waals surface area contributed by atoms with Crippen molar-refractivity contribution in [2.24, 2.45) is 0 Å². The van der Waals surface area contributed by atoms with Gasteiger partial charge in [-0.15, -0.1) is 0 Å². The van der Waals surface area contributed by atoms with E-state index < -0.39 is 10.8 Å². The average molecular weight is 308 g/mol. The molecule has 1 atom stereocenters. The summed E-state index contributed by atoms with van der Waals surface area (Å²) in [6.07, 6.45) is 1.69. The first-order valence-electron chi connectivity index (χ1n) is 6.99. The zero-order valence-electron chi connectivity index (χ0n) is 12.2. The predicted molar refractivity (Wildman–Crippen MR) is 90.7 cm³/mol. The Balaban J connectivity index is 1.77. The van der Waals surface area contributed by atoms with E-state index >= 15 is 0 Å². The monoisotopic (exact) mass is 308 g/mol. The Hall–Kier alpha value is -2.39. The Morgan fingerprint density at radius 3 is 1.73 bits per heavy atom. The van der Waals surface area contributed by atoms with E-state index in [-0.39, 0.29) is 0 Å². The van der Waals surface area contributed by atoms with Crippen LogP contribution in [0, 0.1) is 0 Å². The van der Waals surface area contributed by atoms with Gasteiger partial charge >= 0.3 is 0 Å². The summed E-state index contributed by atoms with van der Waals surface area (Å²) in [5.41, 5.74) is 2.20. The standard InChI is InChI=1S/C19H16O2S/c1-22(20)19-13-9-16(10-14-19)15-7-11-18(12-8-15)21-17-5-3-2-4-6-17/h2-14H,1H3. The first kappa shape index (κ1) is 14.5. The third-order valence-corrected chi connectivity index (χ3v) is 4.29. The third-order valence-electron chi connectivity index (χ3n) is 3.35. The smallest absolute Gasteiger partial charge is 0.127 e. The van der Waals surface area contributed by atoms with Gasteiger partial charge in [-0.3, -0.25) is 4.21 Å². The van der Waals surface area contributed by atoms with Gasteiger partial charge < -0.3 is 4.74 Å². The lowest BCUT2D eigenvalue weighted by molar-refractivity contribution is 0.483. The molecule has 0 aliphatic rings. The molecule has 0 N–H and O–H groups in total. The van der Waals surface area contributed by atoms with Crippen LogP contribution in [0.2, 0.25) is 0 Å². The van der Waals surface area contributed by atoms with Gasteiger partial charge in [-0.25, -0.2) is 0 Å². The largest absolute Gasteiger partial charge is 0.457 e. The van der Waals surface area contributed by atoms with Gasteiger partial charge in [-0.05, 0) is 47.5 Å². The molecule has 3 aromatic carbocycles. The minimum absolute atomic E-state index is 0.807. The van der Waals surface area contributed by atoms with Gasteiger partial charge in [0.05, 0.1) is 0 Å². The van der Waals surface area contributed by atoms with Crippen molar-refractivity contribution in [2.75, 3.05) is 6.26 Å². The summed E-state index contributed by atoms with van der Waals surface area (Å²) < 4.78 is 17.2. The molecule has 0 aliphatic carbocycles. The van der Waals surface area contributed by atoms with Crippen molar-refractivity contribution in [3.63, 3.8) is 0 Å². The van der Waals surface area contributed by atoms with Gasteiger partial charge in [0.1, 0.15) is 11.5 Å². The van der Waals surface area contributed by atoms with E-state index in [2.05, 4.69) is 0 Å². The Kier molecular flexibility index (Phi) is 4.35. The second kappa shape index (κ2) is 6.58. The molecule has 0 aliphatic heterocycles. The molecule has 0 saturated heterocycles. The minimum atomic E-state index is -0.940. The summed E-state index contributed by atoms with van der Waals surface area (Å²) >= 11 is 0. The molecule has 0 saturated carbocycles. The highest BCUT2D eigenvalue weighted by molar-refractivity contribution is 7.84. The summed E-state index contributed by atoms with van der Waals surface area (Å²) in [6, 6.07) is 25.5. The van der Waals surface area contributed by atoms with Gasteiger partial charge in [-0.2, -0.15) is 0 Å². The number of benzene rings is 3. The SMILES string of the molecule is CS(=O)c1ccc(-c2ccc(Oc3ccccc3)cc2)cc1. The molecule has 3 aromatic rings. The Morgan fingerprint density at radius 2 is 1.18 bits per heavy atom. The highest BCUT2D eigenvalue weighted by Gasteiger charge is 2.02. The lowest BCUT2D eigenvalue weighted by atomic mass is 10.1. The van der Waals surface area contributed by atoms with E-state index in [1.54, 1.807) is 6.26 Å². The molecule has 0 radical (unpaired) electrons. The maximum absolute atomic E-state index is 11.4. The first-order chi connectivity index (χ1) is 10.7. The average Bonchev–Trinajstić information content (AvgIpc) is 2.57. The highest BCUT2D eigenvalue weighted by Crippen LogP contribution is 2.26. The Morgan fingerprint density at radius 1 is 0.682 bits per heavy atom. The van der Waals surface area contributed by atoms with Gasteiger partial charge in [-0.1, -0.05) is 42.5 Å². The highest BCUT2D eigenvalue weighted by atomic mass is 32.2. The van der Waals surface area contributed by atoms with Crippen molar-refractivity contribution in [1.82, 2.24) is 0 Å². The summed E-state index contributed by atoms with van der Waals surface area (Å²) in [5, 5.41) is 0. The zero-order valence-corrected chi connectivity index (χ0v) is 13.0. The van der Waals surface area contributed by atoms with Gasteiger partial charge in [0, 0.05) is 22.0 Å². The van der Waals surface area contributed by atoms with E-state index in [9.17, 15) is 4.21 Å². The van der Waals surface area contributed by atoms with Crippen LogP contribution in [-0.4, -0.2) is 10.5 Å². The Labute approximate surface area is 132 Å². The quantitative estimate of drug-likeness (QED) is 0.686. The fourth-order valence-corrected chi connectivity index (χ4v) is 2.70. The molecule has 3 heteroatoms. The first-order valence-corrected chi connectivity index (χ1v) is 8.55. The molecular formula is C19H16O2S. The fraction of sp³-hybridized carbons (Fsp3) is 0.0526. The van der Waals surface area contributed by atoms with Gasteiger partial charge in [0.25, 0.3) is 0 Å². The van der Waals surface area contributed by atoms with Crippen LogP contribution in [0.3, 0.4) is 0 Å². The van der Waals surface area contributed by atoms with Crippen LogP contribution in [0.5, 0.6) is 11.5 Å². The maximum Gasteiger partial charge on any atom is 0.127 e. The molecule has 3 rings (SSSR count). The van der Waals surface area contributed by atoms with Gasteiger partial charge in [0.15, 0.2) is 0 Å². The molecule has 0 aromatic heterocycles. The topological polar surface area (TPSA) is 26.3 Å².